The van der Waals surface area contributed by atoms with Gasteiger partial charge >= 0.3 is 0 Å². The van der Waals surface area contributed by atoms with Crippen molar-refractivity contribution in [3.63, 3.8) is 0 Å². The number of rotatable bonds is 2. The highest BCUT2D eigenvalue weighted by Gasteiger charge is 2.08. The first kappa shape index (κ1) is 10.3. The van der Waals surface area contributed by atoms with E-state index in [0.717, 1.165) is 9.13 Å². The molecule has 0 aliphatic rings. The van der Waals surface area contributed by atoms with E-state index in [1.807, 2.05) is 25.1 Å². The Hall–Kier alpha value is 0.170. The number of halogens is 3. The van der Waals surface area contributed by atoms with Crippen molar-refractivity contribution in [2.45, 2.75) is 12.8 Å². The minimum Gasteiger partial charge on any atom is -0.250 e. The van der Waals surface area contributed by atoms with E-state index in [4.69, 9.17) is 11.6 Å². The fourth-order valence-corrected chi connectivity index (χ4v) is 2.02. The van der Waals surface area contributed by atoms with Gasteiger partial charge in [0.15, 0.2) is 0 Å². The summed E-state index contributed by atoms with van der Waals surface area (Å²) in [5.74, 6) is -0.0596. The minimum atomic E-state index is -0.337. The third kappa shape index (κ3) is 2.33. The van der Waals surface area contributed by atoms with Crippen LogP contribution in [0.1, 0.15) is 18.4 Å². The smallest absolute Gasteiger partial charge is 0.0960 e. The molecule has 0 radical (unpaired) electrons. The zero-order valence-corrected chi connectivity index (χ0v) is 9.56. The van der Waals surface area contributed by atoms with Gasteiger partial charge in [0.25, 0.3) is 0 Å². The van der Waals surface area contributed by atoms with Crippen LogP contribution in [-0.4, -0.2) is 6.67 Å². The monoisotopic (exact) mass is 298 g/mol. The molecule has 66 valence electrons. The average Bonchev–Trinajstić information content (AvgIpc) is 2.08. The molecule has 1 unspecified atom stereocenters. The van der Waals surface area contributed by atoms with Crippen LogP contribution in [0.3, 0.4) is 0 Å². The molecule has 0 aliphatic heterocycles. The van der Waals surface area contributed by atoms with E-state index in [1.54, 1.807) is 0 Å². The van der Waals surface area contributed by atoms with Crippen molar-refractivity contribution in [1.82, 2.24) is 0 Å². The molecular weight excluding hydrogens is 289 g/mol. The van der Waals surface area contributed by atoms with E-state index in [1.165, 1.54) is 0 Å². The summed E-state index contributed by atoms with van der Waals surface area (Å²) in [5.41, 5.74) is 0.991. The molecular formula is C9H9ClFI. The largest absolute Gasteiger partial charge is 0.250 e. The number of alkyl halides is 1. The molecule has 0 aliphatic carbocycles. The Labute approximate surface area is 90.3 Å². The number of hydrogen-bond acceptors (Lipinski definition) is 0. The zero-order valence-electron chi connectivity index (χ0n) is 6.65. The standard InChI is InChI=1S/C9H9ClFI/c1-6(5-11)8-4-7(10)2-3-9(8)12/h2-4,6H,5H2,1H3. The Bertz CT molecular complexity index is 275. The summed E-state index contributed by atoms with van der Waals surface area (Å²) in [5, 5.41) is 0.672. The molecule has 0 saturated heterocycles. The summed E-state index contributed by atoms with van der Waals surface area (Å²) in [7, 11) is 0. The van der Waals surface area contributed by atoms with Gasteiger partial charge in [0.2, 0.25) is 0 Å². The summed E-state index contributed by atoms with van der Waals surface area (Å²) < 4.78 is 13.4. The Balaban J connectivity index is 3.04. The molecule has 1 atom stereocenters. The highest BCUT2D eigenvalue weighted by molar-refractivity contribution is 14.1. The summed E-state index contributed by atoms with van der Waals surface area (Å²) >= 11 is 7.98. The third-order valence-corrected chi connectivity index (χ3v) is 2.94. The van der Waals surface area contributed by atoms with Gasteiger partial charge in [0.1, 0.15) is 0 Å². The van der Waals surface area contributed by atoms with Crippen LogP contribution in [-0.2, 0) is 0 Å². The van der Waals surface area contributed by atoms with Crippen molar-refractivity contribution in [3.8, 4) is 0 Å². The summed E-state index contributed by atoms with van der Waals surface area (Å²) in [6, 6.07) is 5.55. The van der Waals surface area contributed by atoms with Gasteiger partial charge in [-0.2, -0.15) is 0 Å². The van der Waals surface area contributed by atoms with Crippen molar-refractivity contribution in [2.75, 3.05) is 6.67 Å². The topological polar surface area (TPSA) is 0 Å². The van der Waals surface area contributed by atoms with E-state index in [-0.39, 0.29) is 12.6 Å². The van der Waals surface area contributed by atoms with Gasteiger partial charge in [-0.15, -0.1) is 0 Å². The molecule has 3 heteroatoms. The molecule has 1 aromatic carbocycles. The van der Waals surface area contributed by atoms with Crippen molar-refractivity contribution in [1.29, 1.82) is 0 Å². The van der Waals surface area contributed by atoms with Crippen LogP contribution < -0.4 is 0 Å². The second-order valence-electron chi connectivity index (χ2n) is 2.72. The Morgan fingerprint density at radius 2 is 2.25 bits per heavy atom. The normalized spacial score (nSPS) is 13.0. The second kappa shape index (κ2) is 4.42. The Kier molecular flexibility index (Phi) is 3.77. The number of benzene rings is 1. The van der Waals surface area contributed by atoms with Crippen LogP contribution in [0.5, 0.6) is 0 Å². The van der Waals surface area contributed by atoms with E-state index >= 15 is 0 Å². The van der Waals surface area contributed by atoms with E-state index in [2.05, 4.69) is 22.6 Å². The van der Waals surface area contributed by atoms with Gasteiger partial charge < -0.3 is 0 Å². The predicted molar refractivity (Wildman–Crippen MR) is 58.6 cm³/mol. The summed E-state index contributed by atoms with van der Waals surface area (Å²) in [6.07, 6.45) is 0. The average molecular weight is 299 g/mol. The van der Waals surface area contributed by atoms with Crippen molar-refractivity contribution in [2.24, 2.45) is 0 Å². The highest BCUT2D eigenvalue weighted by Crippen LogP contribution is 2.25. The maximum atomic E-state index is 12.3. The minimum absolute atomic E-state index is 0.0596. The molecule has 0 spiro atoms. The SMILES string of the molecule is CC(CF)c1cc(Cl)ccc1I. The lowest BCUT2D eigenvalue weighted by molar-refractivity contribution is 0.446. The molecule has 1 aromatic rings. The van der Waals surface area contributed by atoms with Crippen LogP contribution >= 0.6 is 34.2 Å². The van der Waals surface area contributed by atoms with Gasteiger partial charge in [-0.1, -0.05) is 18.5 Å². The van der Waals surface area contributed by atoms with E-state index in [0.29, 0.717) is 5.02 Å². The van der Waals surface area contributed by atoms with Gasteiger partial charge in [-0.3, -0.25) is 4.39 Å². The van der Waals surface area contributed by atoms with E-state index < -0.39 is 0 Å². The molecule has 0 N–H and O–H groups in total. The first-order valence-corrected chi connectivity index (χ1v) is 5.11. The van der Waals surface area contributed by atoms with Crippen molar-refractivity contribution >= 4 is 34.2 Å². The second-order valence-corrected chi connectivity index (χ2v) is 4.32. The van der Waals surface area contributed by atoms with Gasteiger partial charge in [-0.05, 0) is 46.4 Å². The molecule has 0 nitrogen and oxygen atoms in total. The van der Waals surface area contributed by atoms with Gasteiger partial charge in [0, 0.05) is 14.5 Å². The van der Waals surface area contributed by atoms with Gasteiger partial charge in [-0.25, -0.2) is 0 Å². The zero-order chi connectivity index (χ0) is 9.14. The van der Waals surface area contributed by atoms with Crippen LogP contribution in [0.15, 0.2) is 18.2 Å². The van der Waals surface area contributed by atoms with Crippen molar-refractivity contribution in [3.05, 3.63) is 32.4 Å². The third-order valence-electron chi connectivity index (χ3n) is 1.72. The predicted octanol–water partition coefficient (Wildman–Crippen LogP) is 4.02. The quantitative estimate of drug-likeness (QED) is 0.724. The molecule has 0 amide bonds. The molecule has 1 rings (SSSR count). The van der Waals surface area contributed by atoms with Crippen molar-refractivity contribution < 1.29 is 4.39 Å². The van der Waals surface area contributed by atoms with Gasteiger partial charge in [0.05, 0.1) is 6.67 Å². The van der Waals surface area contributed by atoms with Crippen LogP contribution in [0, 0.1) is 3.57 Å². The van der Waals surface area contributed by atoms with Crippen LogP contribution in [0.25, 0.3) is 0 Å². The maximum Gasteiger partial charge on any atom is 0.0960 e. The first-order chi connectivity index (χ1) is 5.65. The fraction of sp³-hybridized carbons (Fsp3) is 0.333. The fourth-order valence-electron chi connectivity index (χ4n) is 0.975. The summed E-state index contributed by atoms with van der Waals surface area (Å²) in [6.45, 7) is 1.52. The van der Waals surface area contributed by atoms with Crippen LogP contribution in [0.4, 0.5) is 4.39 Å². The molecule has 12 heavy (non-hydrogen) atoms. The number of hydrogen-bond donors (Lipinski definition) is 0. The van der Waals surface area contributed by atoms with E-state index in [9.17, 15) is 4.39 Å². The lowest BCUT2D eigenvalue weighted by Crippen LogP contribution is -1.97. The molecule has 0 saturated carbocycles. The Morgan fingerprint density at radius 1 is 1.58 bits per heavy atom. The molecule has 0 fully saturated rings. The summed E-state index contributed by atoms with van der Waals surface area (Å²) in [4.78, 5) is 0. The molecule has 0 bridgehead atoms. The Morgan fingerprint density at radius 3 is 2.83 bits per heavy atom. The molecule has 0 aromatic heterocycles. The molecule has 0 heterocycles. The lowest BCUT2D eigenvalue weighted by Gasteiger charge is -2.09. The maximum absolute atomic E-state index is 12.3. The first-order valence-electron chi connectivity index (χ1n) is 3.66. The van der Waals surface area contributed by atoms with Crippen LogP contribution in [0.2, 0.25) is 5.02 Å². The lowest BCUT2D eigenvalue weighted by atomic mass is 10.0. The highest BCUT2D eigenvalue weighted by atomic mass is 127.